The minimum absolute atomic E-state index is 0.00988. The average molecular weight is 232 g/mol. The third-order valence-corrected chi connectivity index (χ3v) is 3.71. The smallest absolute Gasteiger partial charge is 0.250 e. The van der Waals surface area contributed by atoms with Crippen molar-refractivity contribution < 1.29 is 9.53 Å². The maximum absolute atomic E-state index is 11.7. The highest BCUT2D eigenvalue weighted by Gasteiger charge is 2.24. The fraction of sp³-hybridized carbons (Fsp3) is 0.900. The minimum atomic E-state index is -0.323. The van der Waals surface area contributed by atoms with E-state index >= 15 is 0 Å². The van der Waals surface area contributed by atoms with Gasteiger partial charge in [-0.25, -0.2) is 0 Å². The molecule has 0 aromatic heterocycles. The summed E-state index contributed by atoms with van der Waals surface area (Å²) in [5.74, 6) is -0.00988. The first-order valence-corrected chi connectivity index (χ1v) is 6.43. The van der Waals surface area contributed by atoms with E-state index in [-0.39, 0.29) is 16.8 Å². The predicted octanol–water partition coefficient (Wildman–Crippen LogP) is 0.233. The minimum Gasteiger partial charge on any atom is -0.366 e. The summed E-state index contributed by atoms with van der Waals surface area (Å²) in [6.45, 7) is 6.96. The van der Waals surface area contributed by atoms with Crippen molar-refractivity contribution >= 4 is 17.7 Å². The highest BCUT2D eigenvalue weighted by molar-refractivity contribution is 7.99. The second-order valence-electron chi connectivity index (χ2n) is 4.25. The molecule has 1 heterocycles. The Morgan fingerprint density at radius 2 is 2.40 bits per heavy atom. The van der Waals surface area contributed by atoms with Gasteiger partial charge in [0.25, 0.3) is 5.91 Å². The molecular formula is C10H20N2O2S. The van der Waals surface area contributed by atoms with Crippen LogP contribution in [-0.4, -0.2) is 49.3 Å². The lowest BCUT2D eigenvalue weighted by atomic mass is 10.2. The molecule has 0 aliphatic carbocycles. The SMILES string of the molecule is CSC(C)(C)CNC(=O)[C@@H]1CNCCO1. The van der Waals surface area contributed by atoms with E-state index in [1.165, 1.54) is 0 Å². The molecule has 5 heteroatoms. The summed E-state index contributed by atoms with van der Waals surface area (Å²) in [6.07, 6.45) is 1.72. The Labute approximate surface area is 95.5 Å². The van der Waals surface area contributed by atoms with Crippen LogP contribution in [-0.2, 0) is 9.53 Å². The summed E-state index contributed by atoms with van der Waals surface area (Å²) in [7, 11) is 0. The first-order valence-electron chi connectivity index (χ1n) is 5.20. The summed E-state index contributed by atoms with van der Waals surface area (Å²) in [5, 5.41) is 6.05. The molecule has 1 saturated heterocycles. The van der Waals surface area contributed by atoms with Gasteiger partial charge in [-0.15, -0.1) is 0 Å². The number of rotatable bonds is 4. The summed E-state index contributed by atoms with van der Waals surface area (Å²) in [5.41, 5.74) is 0. The Kier molecular flexibility index (Phi) is 4.89. The monoisotopic (exact) mass is 232 g/mol. The fourth-order valence-electron chi connectivity index (χ4n) is 1.22. The molecule has 0 saturated carbocycles. The van der Waals surface area contributed by atoms with Gasteiger partial charge in [0.2, 0.25) is 0 Å². The fourth-order valence-corrected chi connectivity index (χ4v) is 1.44. The van der Waals surface area contributed by atoms with Gasteiger partial charge in [-0.2, -0.15) is 11.8 Å². The second kappa shape index (κ2) is 5.72. The first kappa shape index (κ1) is 12.8. The van der Waals surface area contributed by atoms with Gasteiger partial charge >= 0.3 is 0 Å². The molecule has 4 nitrogen and oxygen atoms in total. The molecule has 0 aromatic carbocycles. The van der Waals surface area contributed by atoms with Crippen LogP contribution in [0.1, 0.15) is 13.8 Å². The van der Waals surface area contributed by atoms with E-state index in [4.69, 9.17) is 4.74 Å². The lowest BCUT2D eigenvalue weighted by molar-refractivity contribution is -0.134. The summed E-state index contributed by atoms with van der Waals surface area (Å²) in [6, 6.07) is 0. The zero-order valence-corrected chi connectivity index (χ0v) is 10.4. The van der Waals surface area contributed by atoms with Crippen LogP contribution in [0.2, 0.25) is 0 Å². The molecule has 0 spiro atoms. The third-order valence-electron chi connectivity index (χ3n) is 2.46. The highest BCUT2D eigenvalue weighted by atomic mass is 32.2. The largest absolute Gasteiger partial charge is 0.366 e. The van der Waals surface area contributed by atoms with Gasteiger partial charge < -0.3 is 15.4 Å². The molecule has 1 aliphatic rings. The molecule has 1 aliphatic heterocycles. The van der Waals surface area contributed by atoms with Crippen molar-refractivity contribution in [3.05, 3.63) is 0 Å². The number of morpholine rings is 1. The molecule has 88 valence electrons. The van der Waals surface area contributed by atoms with Gasteiger partial charge in [-0.3, -0.25) is 4.79 Å². The quantitative estimate of drug-likeness (QED) is 0.729. The van der Waals surface area contributed by atoms with Gasteiger partial charge in [0, 0.05) is 24.4 Å². The van der Waals surface area contributed by atoms with Crippen molar-refractivity contribution in [2.24, 2.45) is 0 Å². The molecule has 1 fully saturated rings. The van der Waals surface area contributed by atoms with Gasteiger partial charge in [-0.05, 0) is 20.1 Å². The normalized spacial score (nSPS) is 22.5. The molecule has 1 rings (SSSR count). The van der Waals surface area contributed by atoms with Gasteiger partial charge in [-0.1, -0.05) is 0 Å². The molecule has 0 radical (unpaired) electrons. The number of ether oxygens (including phenoxy) is 1. The molecule has 15 heavy (non-hydrogen) atoms. The van der Waals surface area contributed by atoms with E-state index in [0.29, 0.717) is 19.7 Å². The Morgan fingerprint density at radius 3 is 2.93 bits per heavy atom. The molecular weight excluding hydrogens is 212 g/mol. The van der Waals surface area contributed by atoms with E-state index < -0.39 is 0 Å². The van der Waals surface area contributed by atoms with Crippen LogP contribution in [0, 0.1) is 0 Å². The number of carbonyl (C=O) groups excluding carboxylic acids is 1. The first-order chi connectivity index (χ1) is 7.05. The standard InChI is InChI=1S/C10H20N2O2S/c1-10(2,15-3)7-12-9(13)8-6-11-4-5-14-8/h8,11H,4-7H2,1-3H3,(H,12,13)/t8-/m0/s1. The van der Waals surface area contributed by atoms with Gasteiger partial charge in [0.05, 0.1) is 6.61 Å². The molecule has 1 atom stereocenters. The Hall–Kier alpha value is -0.260. The van der Waals surface area contributed by atoms with E-state index in [9.17, 15) is 4.79 Å². The zero-order valence-electron chi connectivity index (χ0n) is 9.63. The lowest BCUT2D eigenvalue weighted by Gasteiger charge is -2.26. The van der Waals surface area contributed by atoms with Crippen molar-refractivity contribution in [2.75, 3.05) is 32.5 Å². The van der Waals surface area contributed by atoms with E-state index in [1.807, 2.05) is 6.26 Å². The Bertz CT molecular complexity index is 215. The van der Waals surface area contributed by atoms with E-state index in [0.717, 1.165) is 6.54 Å². The van der Waals surface area contributed by atoms with Gasteiger partial charge in [0.15, 0.2) is 0 Å². The maximum Gasteiger partial charge on any atom is 0.250 e. The lowest BCUT2D eigenvalue weighted by Crippen LogP contribution is -2.49. The van der Waals surface area contributed by atoms with Crippen LogP contribution in [0.15, 0.2) is 0 Å². The van der Waals surface area contributed by atoms with E-state index in [2.05, 4.69) is 24.5 Å². The van der Waals surface area contributed by atoms with E-state index in [1.54, 1.807) is 11.8 Å². The number of hydrogen-bond acceptors (Lipinski definition) is 4. The molecule has 0 unspecified atom stereocenters. The third kappa shape index (κ3) is 4.40. The van der Waals surface area contributed by atoms with Crippen LogP contribution in [0.5, 0.6) is 0 Å². The van der Waals surface area contributed by atoms with Crippen LogP contribution in [0.25, 0.3) is 0 Å². The number of hydrogen-bond donors (Lipinski definition) is 2. The summed E-state index contributed by atoms with van der Waals surface area (Å²) >= 11 is 1.74. The Morgan fingerprint density at radius 1 is 1.67 bits per heavy atom. The second-order valence-corrected chi connectivity index (χ2v) is 5.76. The highest BCUT2D eigenvalue weighted by Crippen LogP contribution is 2.19. The van der Waals surface area contributed by atoms with Crippen LogP contribution in [0.3, 0.4) is 0 Å². The predicted molar refractivity (Wildman–Crippen MR) is 63.2 cm³/mol. The van der Waals surface area contributed by atoms with Crippen LogP contribution in [0.4, 0.5) is 0 Å². The average Bonchev–Trinajstić information content (AvgIpc) is 2.27. The molecule has 1 amide bonds. The van der Waals surface area contributed by atoms with Crippen molar-refractivity contribution in [3.63, 3.8) is 0 Å². The Balaban J connectivity index is 2.28. The number of carbonyl (C=O) groups is 1. The molecule has 0 aromatic rings. The topological polar surface area (TPSA) is 50.4 Å². The summed E-state index contributed by atoms with van der Waals surface area (Å²) < 4.78 is 5.44. The summed E-state index contributed by atoms with van der Waals surface area (Å²) in [4.78, 5) is 11.7. The van der Waals surface area contributed by atoms with Crippen molar-refractivity contribution in [1.82, 2.24) is 10.6 Å². The number of thioether (sulfide) groups is 1. The van der Waals surface area contributed by atoms with Crippen molar-refractivity contribution in [3.8, 4) is 0 Å². The van der Waals surface area contributed by atoms with Gasteiger partial charge in [0.1, 0.15) is 6.10 Å². The van der Waals surface area contributed by atoms with Crippen LogP contribution >= 0.6 is 11.8 Å². The number of amides is 1. The van der Waals surface area contributed by atoms with Crippen molar-refractivity contribution in [1.29, 1.82) is 0 Å². The van der Waals surface area contributed by atoms with Crippen LogP contribution < -0.4 is 10.6 Å². The van der Waals surface area contributed by atoms with Crippen molar-refractivity contribution in [2.45, 2.75) is 24.7 Å². The molecule has 2 N–H and O–H groups in total. The molecule has 0 bridgehead atoms. The zero-order chi connectivity index (χ0) is 11.3. The maximum atomic E-state index is 11.7. The number of nitrogens with one attached hydrogen (secondary N) is 2.